The molecule has 9 nitrogen and oxygen atoms in total. The quantitative estimate of drug-likeness (QED) is 0.568. The van der Waals surface area contributed by atoms with Gasteiger partial charge in [-0.05, 0) is 32.9 Å². The Hall–Kier alpha value is -3.36. The second kappa shape index (κ2) is 8.98. The van der Waals surface area contributed by atoms with Gasteiger partial charge in [0.25, 0.3) is 0 Å². The molecular formula is C21H24N2O7. The molecule has 0 spiro atoms. The normalized spacial score (nSPS) is 16.2. The van der Waals surface area contributed by atoms with E-state index in [1.54, 1.807) is 24.0 Å². The molecule has 160 valence electrons. The molecule has 0 bridgehead atoms. The highest BCUT2D eigenvalue weighted by atomic mass is 16.5. The average molecular weight is 416 g/mol. The highest BCUT2D eigenvalue weighted by Gasteiger charge is 2.36. The van der Waals surface area contributed by atoms with Gasteiger partial charge in [-0.15, -0.1) is 0 Å². The van der Waals surface area contributed by atoms with Gasteiger partial charge >= 0.3 is 17.7 Å². The molecule has 0 radical (unpaired) electrons. The van der Waals surface area contributed by atoms with Crippen molar-refractivity contribution in [2.75, 3.05) is 18.5 Å². The zero-order valence-electron chi connectivity index (χ0n) is 17.1. The van der Waals surface area contributed by atoms with Crippen LogP contribution in [0.3, 0.4) is 0 Å². The molecule has 9 heteroatoms. The number of nitrogens with one attached hydrogen (secondary N) is 1. The summed E-state index contributed by atoms with van der Waals surface area (Å²) in [5, 5.41) is 3.11. The minimum atomic E-state index is -0.620. The molecule has 1 unspecified atom stereocenters. The maximum absolute atomic E-state index is 12.4. The van der Waals surface area contributed by atoms with E-state index >= 15 is 0 Å². The smallest absolute Gasteiger partial charge is 0.411 e. The molecule has 1 aliphatic rings. The van der Waals surface area contributed by atoms with Crippen LogP contribution in [0.1, 0.15) is 32.8 Å². The number of rotatable bonds is 6. The largest absolute Gasteiger partial charge is 0.461 e. The summed E-state index contributed by atoms with van der Waals surface area (Å²) < 4.78 is 15.4. The average Bonchev–Trinajstić information content (AvgIpc) is 3.07. The SMILES string of the molecule is CCOC(=O)Nc1ccc2c(COC(=O)C3CC(=O)N(C(C)C)C3)cc(=O)oc2c1. The number of ether oxygens (including phenoxy) is 2. The van der Waals surface area contributed by atoms with Crippen LogP contribution in [0.15, 0.2) is 33.5 Å². The Bertz CT molecular complexity index is 1030. The molecule has 1 aromatic carbocycles. The lowest BCUT2D eigenvalue weighted by Crippen LogP contribution is -2.33. The van der Waals surface area contributed by atoms with E-state index in [0.717, 1.165) is 0 Å². The number of hydrogen-bond acceptors (Lipinski definition) is 7. The molecule has 0 saturated carbocycles. The first-order chi connectivity index (χ1) is 14.3. The molecule has 2 heterocycles. The van der Waals surface area contributed by atoms with Crippen LogP contribution >= 0.6 is 0 Å². The van der Waals surface area contributed by atoms with Crippen molar-refractivity contribution in [3.63, 3.8) is 0 Å². The van der Waals surface area contributed by atoms with Crippen molar-refractivity contribution in [3.8, 4) is 0 Å². The van der Waals surface area contributed by atoms with Crippen LogP contribution in [-0.4, -0.2) is 42.1 Å². The number of hydrogen-bond donors (Lipinski definition) is 1. The molecule has 1 N–H and O–H groups in total. The zero-order valence-corrected chi connectivity index (χ0v) is 17.1. The van der Waals surface area contributed by atoms with Crippen molar-refractivity contribution in [1.29, 1.82) is 0 Å². The summed E-state index contributed by atoms with van der Waals surface area (Å²) in [5.41, 5.74) is 0.507. The van der Waals surface area contributed by atoms with Gasteiger partial charge in [0, 0.05) is 47.8 Å². The van der Waals surface area contributed by atoms with Gasteiger partial charge < -0.3 is 18.8 Å². The lowest BCUT2D eigenvalue weighted by Gasteiger charge is -2.20. The van der Waals surface area contributed by atoms with Crippen LogP contribution in [0.5, 0.6) is 0 Å². The topological polar surface area (TPSA) is 115 Å². The van der Waals surface area contributed by atoms with Crippen LogP contribution < -0.4 is 10.9 Å². The lowest BCUT2D eigenvalue weighted by molar-refractivity contribution is -0.149. The molecule has 1 aliphatic heterocycles. The van der Waals surface area contributed by atoms with E-state index in [9.17, 15) is 19.2 Å². The van der Waals surface area contributed by atoms with Crippen molar-refractivity contribution in [1.82, 2.24) is 4.90 Å². The van der Waals surface area contributed by atoms with Gasteiger partial charge in [0.1, 0.15) is 12.2 Å². The Balaban J connectivity index is 1.73. The monoisotopic (exact) mass is 416 g/mol. The highest BCUT2D eigenvalue weighted by Crippen LogP contribution is 2.24. The predicted molar refractivity (Wildman–Crippen MR) is 108 cm³/mol. The fraction of sp³-hybridized carbons (Fsp3) is 0.429. The molecule has 2 amide bonds. The third kappa shape index (κ3) is 4.79. The van der Waals surface area contributed by atoms with E-state index < -0.39 is 23.6 Å². The number of fused-ring (bicyclic) bond motifs is 1. The number of carbonyl (C=O) groups excluding carboxylic acids is 3. The number of esters is 1. The van der Waals surface area contributed by atoms with Gasteiger partial charge in [-0.25, -0.2) is 9.59 Å². The van der Waals surface area contributed by atoms with Crippen LogP contribution in [0.25, 0.3) is 11.0 Å². The van der Waals surface area contributed by atoms with E-state index in [4.69, 9.17) is 13.9 Å². The van der Waals surface area contributed by atoms with Crippen molar-refractivity contribution in [3.05, 3.63) is 40.2 Å². The van der Waals surface area contributed by atoms with Crippen LogP contribution in [0.4, 0.5) is 10.5 Å². The second-order valence-corrected chi connectivity index (χ2v) is 7.30. The summed E-state index contributed by atoms with van der Waals surface area (Å²) >= 11 is 0. The molecule has 30 heavy (non-hydrogen) atoms. The maximum atomic E-state index is 12.4. The van der Waals surface area contributed by atoms with Crippen LogP contribution in [0.2, 0.25) is 0 Å². The Morgan fingerprint density at radius 2 is 2.00 bits per heavy atom. The number of benzene rings is 1. The van der Waals surface area contributed by atoms with Gasteiger partial charge in [0.05, 0.1) is 12.5 Å². The number of nitrogens with zero attached hydrogens (tertiary/aromatic N) is 1. The van der Waals surface area contributed by atoms with E-state index in [-0.39, 0.29) is 37.2 Å². The fourth-order valence-electron chi connectivity index (χ4n) is 3.37. The van der Waals surface area contributed by atoms with E-state index in [1.807, 2.05) is 13.8 Å². The van der Waals surface area contributed by atoms with Gasteiger partial charge in [-0.2, -0.15) is 0 Å². The first-order valence-electron chi connectivity index (χ1n) is 9.75. The zero-order chi connectivity index (χ0) is 21.8. The molecule has 1 saturated heterocycles. The van der Waals surface area contributed by atoms with E-state index in [0.29, 0.717) is 23.2 Å². The number of anilines is 1. The second-order valence-electron chi connectivity index (χ2n) is 7.30. The predicted octanol–water partition coefficient (Wildman–Crippen LogP) is 2.66. The van der Waals surface area contributed by atoms with Crippen LogP contribution in [0, 0.1) is 5.92 Å². The van der Waals surface area contributed by atoms with E-state index in [2.05, 4.69) is 5.32 Å². The first-order valence-corrected chi connectivity index (χ1v) is 9.75. The highest BCUT2D eigenvalue weighted by molar-refractivity contribution is 5.90. The molecule has 1 fully saturated rings. The summed E-state index contributed by atoms with van der Waals surface area (Å²) in [4.78, 5) is 49.6. The van der Waals surface area contributed by atoms with Crippen molar-refractivity contribution in [2.24, 2.45) is 5.92 Å². The molecule has 1 aromatic heterocycles. The molecule has 1 atom stereocenters. The number of carbonyl (C=O) groups is 3. The Kier molecular flexibility index (Phi) is 6.39. The van der Waals surface area contributed by atoms with Gasteiger partial charge in [-0.3, -0.25) is 14.9 Å². The van der Waals surface area contributed by atoms with Gasteiger partial charge in [0.15, 0.2) is 0 Å². The summed E-state index contributed by atoms with van der Waals surface area (Å²) in [6.45, 7) is 5.91. The maximum Gasteiger partial charge on any atom is 0.411 e. The first kappa shape index (κ1) is 21.4. The Morgan fingerprint density at radius 3 is 2.67 bits per heavy atom. The number of likely N-dealkylation sites (tertiary alicyclic amines) is 1. The van der Waals surface area contributed by atoms with Crippen molar-refractivity contribution < 1.29 is 28.3 Å². The standard InChI is InChI=1S/C21H24N2O7/c1-4-28-21(27)22-15-5-6-16-14(8-19(25)30-17(16)9-15)11-29-20(26)13-7-18(24)23(10-13)12(2)3/h5-6,8-9,12-13H,4,7,10-11H2,1-3H3,(H,22,27). The summed E-state index contributed by atoms with van der Waals surface area (Å²) in [5.74, 6) is -1.07. The molecule has 2 aromatic rings. The summed E-state index contributed by atoms with van der Waals surface area (Å²) in [6.07, 6.45) is -0.497. The van der Waals surface area contributed by atoms with Gasteiger partial charge in [0.2, 0.25) is 5.91 Å². The minimum absolute atomic E-state index is 0.0235. The Morgan fingerprint density at radius 1 is 1.23 bits per heavy atom. The van der Waals surface area contributed by atoms with Gasteiger partial charge in [-0.1, -0.05) is 0 Å². The molecule has 3 rings (SSSR count). The third-order valence-electron chi connectivity index (χ3n) is 4.84. The molecule has 0 aliphatic carbocycles. The lowest BCUT2D eigenvalue weighted by atomic mass is 10.1. The Labute approximate surface area is 172 Å². The van der Waals surface area contributed by atoms with Crippen molar-refractivity contribution in [2.45, 2.75) is 39.8 Å². The number of amides is 2. The van der Waals surface area contributed by atoms with Crippen LogP contribution in [-0.2, 0) is 25.7 Å². The third-order valence-corrected chi connectivity index (χ3v) is 4.84. The van der Waals surface area contributed by atoms with Crippen molar-refractivity contribution >= 4 is 34.6 Å². The summed E-state index contributed by atoms with van der Waals surface area (Å²) in [6, 6.07) is 6.06. The summed E-state index contributed by atoms with van der Waals surface area (Å²) in [7, 11) is 0. The fourth-order valence-corrected chi connectivity index (χ4v) is 3.37. The minimum Gasteiger partial charge on any atom is -0.461 e. The van der Waals surface area contributed by atoms with E-state index in [1.165, 1.54) is 12.1 Å². The molecular weight excluding hydrogens is 392 g/mol.